The van der Waals surface area contributed by atoms with E-state index in [0.29, 0.717) is 27.8 Å². The summed E-state index contributed by atoms with van der Waals surface area (Å²) in [5.74, 6) is 0.305. The molecule has 10 heteroatoms. The third-order valence-electron chi connectivity index (χ3n) is 5.75. The van der Waals surface area contributed by atoms with Gasteiger partial charge in [0.2, 0.25) is 0 Å². The molecule has 3 aromatic carbocycles. The first-order valence-electron chi connectivity index (χ1n) is 11.2. The van der Waals surface area contributed by atoms with Gasteiger partial charge in [-0.2, -0.15) is 4.99 Å². The summed E-state index contributed by atoms with van der Waals surface area (Å²) in [6.45, 7) is -0.0181. The smallest absolute Gasteiger partial charge is 0.283 e. The van der Waals surface area contributed by atoms with Gasteiger partial charge < -0.3 is 9.47 Å². The number of nitro benzene ring substituents is 1. The molecule has 1 N–H and O–H groups in total. The van der Waals surface area contributed by atoms with Gasteiger partial charge in [-0.25, -0.2) is 0 Å². The number of amides is 1. The van der Waals surface area contributed by atoms with E-state index in [9.17, 15) is 14.9 Å². The first-order valence-corrected chi connectivity index (χ1v) is 12.0. The van der Waals surface area contributed by atoms with Crippen molar-refractivity contribution in [3.8, 4) is 11.5 Å². The number of carbonyl (C=O) groups excluding carboxylic acids is 1. The van der Waals surface area contributed by atoms with Crippen LogP contribution in [0.4, 0.5) is 5.69 Å². The van der Waals surface area contributed by atoms with Crippen molar-refractivity contribution < 1.29 is 19.2 Å². The molecule has 0 radical (unpaired) electrons. The Bertz CT molecular complexity index is 1510. The number of nitro groups is 1. The zero-order valence-electron chi connectivity index (χ0n) is 19.6. The quantitative estimate of drug-likeness (QED) is 0.253. The van der Waals surface area contributed by atoms with Crippen molar-refractivity contribution in [1.82, 2.24) is 4.90 Å². The van der Waals surface area contributed by atoms with Crippen LogP contribution in [0.2, 0.25) is 0 Å². The predicted octanol–water partition coefficient (Wildman–Crippen LogP) is 5.49. The number of amidine groups is 2. The molecule has 2 aliphatic rings. The Morgan fingerprint density at radius 3 is 2.59 bits per heavy atom. The molecule has 9 nitrogen and oxygen atoms in total. The van der Waals surface area contributed by atoms with E-state index in [1.54, 1.807) is 47.4 Å². The van der Waals surface area contributed by atoms with E-state index < -0.39 is 10.8 Å². The first kappa shape index (κ1) is 24.0. The highest BCUT2D eigenvalue weighted by atomic mass is 32.2. The molecule has 0 spiro atoms. The maximum absolute atomic E-state index is 12.8. The van der Waals surface area contributed by atoms with Gasteiger partial charge in [0, 0.05) is 11.5 Å². The maximum atomic E-state index is 12.8. The number of ether oxygens (including phenoxy) is 2. The molecule has 2 aliphatic heterocycles. The van der Waals surface area contributed by atoms with Crippen molar-refractivity contribution in [1.29, 1.82) is 5.41 Å². The zero-order chi connectivity index (χ0) is 25.9. The van der Waals surface area contributed by atoms with Crippen LogP contribution in [0.3, 0.4) is 0 Å². The fourth-order valence-corrected chi connectivity index (χ4v) is 4.83. The Kier molecular flexibility index (Phi) is 6.57. The number of para-hydroxylation sites is 1. The van der Waals surface area contributed by atoms with E-state index in [1.807, 2.05) is 35.7 Å². The second-order valence-corrected chi connectivity index (χ2v) is 8.85. The molecular weight excluding hydrogens is 492 g/mol. The molecule has 0 atom stereocenters. The molecule has 0 unspecified atom stereocenters. The highest BCUT2D eigenvalue weighted by molar-refractivity contribution is 8.17. The minimum Gasteiger partial charge on any atom is -0.493 e. The zero-order valence-corrected chi connectivity index (χ0v) is 20.4. The van der Waals surface area contributed by atoms with E-state index in [4.69, 9.17) is 14.9 Å². The first-order chi connectivity index (χ1) is 18.0. The minimum absolute atomic E-state index is 0.0181. The Balaban J connectivity index is 1.40. The second-order valence-electron chi connectivity index (χ2n) is 8.01. The maximum Gasteiger partial charge on any atom is 0.283 e. The predicted molar refractivity (Wildman–Crippen MR) is 142 cm³/mol. The summed E-state index contributed by atoms with van der Waals surface area (Å²) in [5, 5.41) is 22.4. The van der Waals surface area contributed by atoms with E-state index in [1.165, 1.54) is 24.9 Å². The largest absolute Gasteiger partial charge is 0.493 e. The van der Waals surface area contributed by atoms with Crippen LogP contribution in [0.25, 0.3) is 11.8 Å². The molecule has 0 bridgehead atoms. The molecule has 5 rings (SSSR count). The molecule has 3 aromatic rings. The third-order valence-corrected chi connectivity index (χ3v) is 6.58. The van der Waals surface area contributed by atoms with Crippen LogP contribution >= 0.6 is 11.8 Å². The minimum atomic E-state index is -0.498. The van der Waals surface area contributed by atoms with Gasteiger partial charge in [0.1, 0.15) is 12.4 Å². The number of aliphatic imine (C=N–C) groups is 1. The monoisotopic (exact) mass is 512 g/mol. The molecule has 0 aliphatic carbocycles. The summed E-state index contributed by atoms with van der Waals surface area (Å²) < 4.78 is 11.3. The number of nitrogens with zero attached hydrogens (tertiary/aromatic N) is 3. The van der Waals surface area contributed by atoms with E-state index >= 15 is 0 Å². The lowest BCUT2D eigenvalue weighted by atomic mass is 10.1. The van der Waals surface area contributed by atoms with Gasteiger partial charge in [-0.05, 0) is 35.4 Å². The lowest BCUT2D eigenvalue weighted by Gasteiger charge is -2.27. The van der Waals surface area contributed by atoms with Crippen LogP contribution in [-0.2, 0) is 11.4 Å². The number of hydrogen-bond acceptors (Lipinski definition) is 7. The van der Waals surface area contributed by atoms with Gasteiger partial charge in [-0.15, -0.1) is 0 Å². The highest BCUT2D eigenvalue weighted by Gasteiger charge is 2.36. The third kappa shape index (κ3) is 4.74. The second kappa shape index (κ2) is 10.1. The summed E-state index contributed by atoms with van der Waals surface area (Å²) in [6.07, 6.45) is 1.59. The van der Waals surface area contributed by atoms with Crippen LogP contribution in [0, 0.1) is 15.5 Å². The van der Waals surface area contributed by atoms with Gasteiger partial charge in [0.15, 0.2) is 16.7 Å². The van der Waals surface area contributed by atoms with Crippen molar-refractivity contribution in [3.63, 3.8) is 0 Å². The van der Waals surface area contributed by atoms with Gasteiger partial charge in [-0.1, -0.05) is 60.3 Å². The Morgan fingerprint density at radius 2 is 1.84 bits per heavy atom. The summed E-state index contributed by atoms with van der Waals surface area (Å²) in [5.41, 5.74) is 2.86. The average Bonchev–Trinajstić information content (AvgIpc) is 3.34. The van der Waals surface area contributed by atoms with Crippen LogP contribution in [0.15, 0.2) is 88.8 Å². The SMILES string of the molecule is COc1cc(C=C2C(=N)N3C(c4ccccc4)=CSC3=NC2=O)ccc1OCc1ccccc1[N+](=O)[O-]. The number of thioether (sulfide) groups is 1. The average molecular weight is 513 g/mol. The van der Waals surface area contributed by atoms with Gasteiger partial charge >= 0.3 is 0 Å². The van der Waals surface area contributed by atoms with Crippen molar-refractivity contribution in [2.24, 2.45) is 4.99 Å². The summed E-state index contributed by atoms with van der Waals surface area (Å²) in [7, 11) is 1.48. The molecule has 0 fully saturated rings. The van der Waals surface area contributed by atoms with Crippen LogP contribution in [0.5, 0.6) is 11.5 Å². The number of methoxy groups -OCH3 is 1. The van der Waals surface area contributed by atoms with E-state index in [2.05, 4.69) is 4.99 Å². The van der Waals surface area contributed by atoms with Crippen LogP contribution in [0.1, 0.15) is 16.7 Å². The fraction of sp³-hybridized carbons (Fsp3) is 0.0741. The molecular formula is C27H20N4O5S. The number of fused-ring (bicyclic) bond motifs is 1. The lowest BCUT2D eigenvalue weighted by Crippen LogP contribution is -2.38. The lowest BCUT2D eigenvalue weighted by molar-refractivity contribution is -0.385. The summed E-state index contributed by atoms with van der Waals surface area (Å²) in [6, 6.07) is 21.0. The van der Waals surface area contributed by atoms with Crippen LogP contribution < -0.4 is 9.47 Å². The number of carbonyl (C=O) groups is 1. The summed E-state index contributed by atoms with van der Waals surface area (Å²) in [4.78, 5) is 29.5. The Labute approximate surface area is 216 Å². The van der Waals surface area contributed by atoms with Crippen molar-refractivity contribution in [3.05, 3.63) is 111 Å². The number of nitrogens with one attached hydrogen (secondary N) is 1. The standard InChI is InChI=1S/C27H20N4O5S/c1-35-24-14-17(11-12-23(24)36-15-19-9-5-6-10-21(19)31(33)34)13-20-25(28)30-22(18-7-3-2-4-8-18)16-37-27(30)29-26(20)32/h2-14,16,28H,15H2,1H3. The van der Waals surface area contributed by atoms with Crippen LogP contribution in [-0.4, -0.2) is 33.8 Å². The van der Waals surface area contributed by atoms with Crippen molar-refractivity contribution in [2.75, 3.05) is 7.11 Å². The normalized spacial score (nSPS) is 15.8. The molecule has 0 aromatic heterocycles. The van der Waals surface area contributed by atoms with Gasteiger partial charge in [0.25, 0.3) is 11.6 Å². The topological polar surface area (TPSA) is 118 Å². The molecule has 37 heavy (non-hydrogen) atoms. The van der Waals surface area contributed by atoms with Crippen molar-refractivity contribution >= 4 is 46.1 Å². The number of benzene rings is 3. The summed E-state index contributed by atoms with van der Waals surface area (Å²) >= 11 is 1.31. The molecule has 184 valence electrons. The number of hydrogen-bond donors (Lipinski definition) is 1. The van der Waals surface area contributed by atoms with Gasteiger partial charge in [0.05, 0.1) is 28.9 Å². The Morgan fingerprint density at radius 1 is 1.08 bits per heavy atom. The number of rotatable bonds is 7. The Hall–Kier alpha value is -4.70. The van der Waals surface area contributed by atoms with Crippen molar-refractivity contribution in [2.45, 2.75) is 6.61 Å². The molecule has 0 saturated carbocycles. The highest BCUT2D eigenvalue weighted by Crippen LogP contribution is 2.38. The molecule has 1 amide bonds. The van der Waals surface area contributed by atoms with Gasteiger partial charge in [-0.3, -0.25) is 25.2 Å². The molecule has 2 heterocycles. The van der Waals surface area contributed by atoms with E-state index in [-0.39, 0.29) is 23.7 Å². The molecule has 0 saturated heterocycles. The fourth-order valence-electron chi connectivity index (χ4n) is 3.94. The van der Waals surface area contributed by atoms with E-state index in [0.717, 1.165) is 11.3 Å².